The summed E-state index contributed by atoms with van der Waals surface area (Å²) in [5.41, 5.74) is 6.85. The van der Waals surface area contributed by atoms with E-state index in [1.165, 1.54) is 0 Å². The zero-order valence-electron chi connectivity index (χ0n) is 13.0. The minimum absolute atomic E-state index is 0. The van der Waals surface area contributed by atoms with Crippen LogP contribution >= 0.6 is 12.4 Å². The molecule has 1 aromatic rings. The summed E-state index contributed by atoms with van der Waals surface area (Å²) in [4.78, 5) is 12.0. The third kappa shape index (κ3) is 6.69. The van der Waals surface area contributed by atoms with Crippen molar-refractivity contribution in [2.24, 2.45) is 5.92 Å². The summed E-state index contributed by atoms with van der Waals surface area (Å²) >= 11 is 0. The van der Waals surface area contributed by atoms with Crippen LogP contribution in [0.25, 0.3) is 0 Å². The fourth-order valence-electron chi connectivity index (χ4n) is 1.56. The lowest BCUT2D eigenvalue weighted by atomic mass is 10.1. The standard InChI is InChI=1S/C15H24N2O3.ClH/c1-10(2)7-8-20-11(3)15(18)17-14-9-12(19-4)5-6-13(14)16;/h5-6,9-11H,7-8,16H2,1-4H3,(H,17,18);1H. The van der Waals surface area contributed by atoms with E-state index in [-0.39, 0.29) is 18.3 Å². The lowest BCUT2D eigenvalue weighted by molar-refractivity contribution is -0.126. The van der Waals surface area contributed by atoms with Gasteiger partial charge in [0.25, 0.3) is 5.91 Å². The average molecular weight is 317 g/mol. The second kappa shape index (κ2) is 9.47. The van der Waals surface area contributed by atoms with Crippen molar-refractivity contribution in [1.29, 1.82) is 0 Å². The maximum atomic E-state index is 12.0. The quantitative estimate of drug-likeness (QED) is 0.758. The topological polar surface area (TPSA) is 73.6 Å². The number of nitrogen functional groups attached to an aromatic ring is 1. The molecule has 0 fully saturated rings. The molecule has 0 heterocycles. The molecule has 1 unspecified atom stereocenters. The summed E-state index contributed by atoms with van der Waals surface area (Å²) in [6.07, 6.45) is 0.415. The Morgan fingerprint density at radius 2 is 2.00 bits per heavy atom. The molecule has 21 heavy (non-hydrogen) atoms. The maximum absolute atomic E-state index is 12.0. The SMILES string of the molecule is COc1ccc(N)c(NC(=O)C(C)OCCC(C)C)c1.Cl. The van der Waals surface area contributed by atoms with Gasteiger partial charge in [-0.2, -0.15) is 0 Å². The van der Waals surface area contributed by atoms with Crippen LogP contribution in [0.4, 0.5) is 11.4 Å². The summed E-state index contributed by atoms with van der Waals surface area (Å²) in [6, 6.07) is 5.13. The van der Waals surface area contributed by atoms with E-state index < -0.39 is 6.10 Å². The van der Waals surface area contributed by atoms with Crippen LogP contribution in [0.15, 0.2) is 18.2 Å². The van der Waals surface area contributed by atoms with Crippen molar-refractivity contribution in [3.05, 3.63) is 18.2 Å². The van der Waals surface area contributed by atoms with E-state index in [4.69, 9.17) is 15.2 Å². The second-order valence-electron chi connectivity index (χ2n) is 5.14. The fraction of sp³-hybridized carbons (Fsp3) is 0.533. The monoisotopic (exact) mass is 316 g/mol. The maximum Gasteiger partial charge on any atom is 0.253 e. The zero-order valence-corrected chi connectivity index (χ0v) is 13.8. The first-order valence-electron chi connectivity index (χ1n) is 6.80. The fourth-order valence-corrected chi connectivity index (χ4v) is 1.56. The lowest BCUT2D eigenvalue weighted by Crippen LogP contribution is -2.28. The van der Waals surface area contributed by atoms with Gasteiger partial charge in [-0.1, -0.05) is 13.8 Å². The van der Waals surface area contributed by atoms with Gasteiger partial charge in [0.15, 0.2) is 0 Å². The Hall–Kier alpha value is -1.46. The molecule has 0 bridgehead atoms. The molecule has 1 atom stereocenters. The Balaban J connectivity index is 0.00000400. The minimum atomic E-state index is -0.514. The number of amides is 1. The van der Waals surface area contributed by atoms with Crippen molar-refractivity contribution in [3.63, 3.8) is 0 Å². The highest BCUT2D eigenvalue weighted by Gasteiger charge is 2.15. The van der Waals surface area contributed by atoms with Gasteiger partial charge in [-0.25, -0.2) is 0 Å². The van der Waals surface area contributed by atoms with Crippen molar-refractivity contribution >= 4 is 29.7 Å². The van der Waals surface area contributed by atoms with Crippen LogP contribution in [0, 0.1) is 5.92 Å². The summed E-state index contributed by atoms with van der Waals surface area (Å²) in [6.45, 7) is 6.53. The first-order chi connectivity index (χ1) is 9.43. The number of benzene rings is 1. The molecule has 0 saturated carbocycles. The largest absolute Gasteiger partial charge is 0.497 e. The predicted molar refractivity (Wildman–Crippen MR) is 88.2 cm³/mol. The average Bonchev–Trinajstić information content (AvgIpc) is 2.40. The number of hydrogen-bond donors (Lipinski definition) is 2. The van der Waals surface area contributed by atoms with Crippen molar-refractivity contribution in [1.82, 2.24) is 0 Å². The smallest absolute Gasteiger partial charge is 0.253 e. The molecule has 0 saturated heterocycles. The van der Waals surface area contributed by atoms with Crippen LogP contribution < -0.4 is 15.8 Å². The van der Waals surface area contributed by atoms with E-state index in [0.717, 1.165) is 6.42 Å². The molecular weight excluding hydrogens is 292 g/mol. The Labute approximate surface area is 132 Å². The van der Waals surface area contributed by atoms with Crippen molar-refractivity contribution < 1.29 is 14.3 Å². The molecule has 0 aliphatic heterocycles. The summed E-state index contributed by atoms with van der Waals surface area (Å²) in [7, 11) is 1.56. The van der Waals surface area contributed by atoms with Gasteiger partial charge in [-0.3, -0.25) is 4.79 Å². The zero-order chi connectivity index (χ0) is 15.1. The normalized spacial score (nSPS) is 11.7. The minimum Gasteiger partial charge on any atom is -0.497 e. The number of methoxy groups -OCH3 is 1. The number of anilines is 2. The summed E-state index contributed by atoms with van der Waals surface area (Å²) < 4.78 is 10.6. The highest BCUT2D eigenvalue weighted by atomic mass is 35.5. The Morgan fingerprint density at radius 3 is 2.57 bits per heavy atom. The lowest BCUT2D eigenvalue weighted by Gasteiger charge is -2.15. The molecule has 1 aromatic carbocycles. The molecule has 5 nitrogen and oxygen atoms in total. The van der Waals surface area contributed by atoms with Crippen LogP contribution in [-0.4, -0.2) is 25.7 Å². The van der Waals surface area contributed by atoms with Crippen molar-refractivity contribution in [2.45, 2.75) is 33.3 Å². The van der Waals surface area contributed by atoms with E-state index in [9.17, 15) is 4.79 Å². The molecular formula is C15H25ClN2O3. The highest BCUT2D eigenvalue weighted by Crippen LogP contribution is 2.24. The van der Waals surface area contributed by atoms with Crippen LogP contribution in [0.5, 0.6) is 5.75 Å². The molecule has 1 rings (SSSR count). The molecule has 0 aliphatic rings. The number of rotatable bonds is 7. The molecule has 0 spiro atoms. The van der Waals surface area contributed by atoms with Gasteiger partial charge >= 0.3 is 0 Å². The van der Waals surface area contributed by atoms with Crippen LogP contribution in [0.1, 0.15) is 27.2 Å². The molecule has 0 aliphatic carbocycles. The first-order valence-corrected chi connectivity index (χ1v) is 6.80. The van der Waals surface area contributed by atoms with E-state index >= 15 is 0 Å². The molecule has 3 N–H and O–H groups in total. The van der Waals surface area contributed by atoms with Crippen LogP contribution in [-0.2, 0) is 9.53 Å². The van der Waals surface area contributed by atoms with Crippen molar-refractivity contribution in [2.75, 3.05) is 24.8 Å². The number of hydrogen-bond acceptors (Lipinski definition) is 4. The summed E-state index contributed by atoms with van der Waals surface area (Å²) in [5, 5.41) is 2.75. The molecule has 120 valence electrons. The number of halogens is 1. The second-order valence-corrected chi connectivity index (χ2v) is 5.14. The van der Waals surface area contributed by atoms with Crippen LogP contribution in [0.2, 0.25) is 0 Å². The predicted octanol–water partition coefficient (Wildman–Crippen LogP) is 3.09. The van der Waals surface area contributed by atoms with Crippen molar-refractivity contribution in [3.8, 4) is 5.75 Å². The summed E-state index contributed by atoms with van der Waals surface area (Å²) in [5.74, 6) is 0.982. The number of nitrogens with two attached hydrogens (primary N) is 1. The third-order valence-electron chi connectivity index (χ3n) is 2.95. The van der Waals surface area contributed by atoms with E-state index in [1.807, 2.05) is 0 Å². The number of carbonyl (C=O) groups excluding carboxylic acids is 1. The highest BCUT2D eigenvalue weighted by molar-refractivity contribution is 5.96. The van der Waals surface area contributed by atoms with Gasteiger partial charge < -0.3 is 20.5 Å². The number of carbonyl (C=O) groups is 1. The molecule has 0 aromatic heterocycles. The van der Waals surface area contributed by atoms with Crippen LogP contribution in [0.3, 0.4) is 0 Å². The van der Waals surface area contributed by atoms with Gasteiger partial charge in [-0.15, -0.1) is 12.4 Å². The van der Waals surface area contributed by atoms with Gasteiger partial charge in [0, 0.05) is 12.7 Å². The molecule has 6 heteroatoms. The van der Waals surface area contributed by atoms with Gasteiger partial charge in [0.2, 0.25) is 0 Å². The van der Waals surface area contributed by atoms with Gasteiger partial charge in [0.1, 0.15) is 11.9 Å². The van der Waals surface area contributed by atoms with E-state index in [0.29, 0.717) is 29.6 Å². The Kier molecular flexibility index (Phi) is 8.81. The Bertz CT molecular complexity index is 453. The first kappa shape index (κ1) is 19.5. The third-order valence-corrected chi connectivity index (χ3v) is 2.95. The van der Waals surface area contributed by atoms with E-state index in [1.54, 1.807) is 32.2 Å². The number of nitrogens with one attached hydrogen (secondary N) is 1. The van der Waals surface area contributed by atoms with E-state index in [2.05, 4.69) is 19.2 Å². The molecule has 1 amide bonds. The Morgan fingerprint density at radius 1 is 1.33 bits per heavy atom. The number of ether oxygens (including phenoxy) is 2. The van der Waals surface area contributed by atoms with Gasteiger partial charge in [0.05, 0.1) is 18.5 Å². The molecule has 0 radical (unpaired) electrons. The van der Waals surface area contributed by atoms with Gasteiger partial charge in [-0.05, 0) is 31.4 Å².